The number of hydrogen-bond acceptors (Lipinski definition) is 6. The van der Waals surface area contributed by atoms with Gasteiger partial charge in [0.1, 0.15) is 5.57 Å². The highest BCUT2D eigenvalue weighted by molar-refractivity contribution is 7.80. The zero-order valence-electron chi connectivity index (χ0n) is 12.1. The first-order valence-corrected chi connectivity index (χ1v) is 7.09. The van der Waals surface area contributed by atoms with Crippen LogP contribution in [0, 0.1) is 4.77 Å². The van der Waals surface area contributed by atoms with Crippen molar-refractivity contribution in [2.24, 2.45) is 7.05 Å². The van der Waals surface area contributed by atoms with E-state index in [-0.39, 0.29) is 26.9 Å². The summed E-state index contributed by atoms with van der Waals surface area (Å²) in [7, 11) is 2.91. The molecule has 120 valence electrons. The Morgan fingerprint density at radius 1 is 1.17 bits per heavy atom. The lowest BCUT2D eigenvalue weighted by Crippen LogP contribution is -2.52. The molecule has 1 aromatic rings. The van der Waals surface area contributed by atoms with Crippen molar-refractivity contribution in [3.8, 4) is 5.88 Å². The van der Waals surface area contributed by atoms with E-state index < -0.39 is 17.4 Å². The van der Waals surface area contributed by atoms with Crippen LogP contribution in [0.1, 0.15) is 5.56 Å². The molecule has 1 fully saturated rings. The molecule has 8 nitrogen and oxygen atoms in total. The number of nitrogens with one attached hydrogen (secondary N) is 2. The maximum atomic E-state index is 12.0. The number of allylic oxidation sites excluding steroid dienone is 2. The van der Waals surface area contributed by atoms with Gasteiger partial charge in [-0.25, -0.2) is 0 Å². The van der Waals surface area contributed by atoms with Crippen LogP contribution in [-0.4, -0.2) is 43.5 Å². The lowest BCUT2D eigenvalue weighted by Gasteiger charge is -2.24. The number of amides is 2. The number of aromatic nitrogens is 2. The molecule has 10 heteroatoms. The van der Waals surface area contributed by atoms with Crippen molar-refractivity contribution in [2.45, 2.75) is 0 Å². The summed E-state index contributed by atoms with van der Waals surface area (Å²) in [5.41, 5.74) is -0.777. The quantitative estimate of drug-likeness (QED) is 0.392. The Kier molecular flexibility index (Phi) is 4.57. The number of carbonyl (C=O) groups is 2. The van der Waals surface area contributed by atoms with Gasteiger partial charge in [-0.2, -0.15) is 0 Å². The minimum absolute atomic E-state index is 0.0169. The first-order chi connectivity index (χ1) is 10.7. The van der Waals surface area contributed by atoms with Gasteiger partial charge >= 0.3 is 0 Å². The molecule has 0 saturated carbocycles. The van der Waals surface area contributed by atoms with Gasteiger partial charge in [-0.1, -0.05) is 6.08 Å². The van der Waals surface area contributed by atoms with E-state index >= 15 is 0 Å². The average Bonchev–Trinajstić information content (AvgIpc) is 2.49. The molecule has 0 atom stereocenters. The molecule has 2 heterocycles. The van der Waals surface area contributed by atoms with Crippen molar-refractivity contribution in [1.82, 2.24) is 19.8 Å². The largest absolute Gasteiger partial charge is 0.494 e. The molecule has 1 aromatic heterocycles. The van der Waals surface area contributed by atoms with Gasteiger partial charge in [0.15, 0.2) is 9.88 Å². The Hall–Kier alpha value is -2.59. The fraction of sp³-hybridized carbons (Fsp3) is 0.154. The van der Waals surface area contributed by atoms with E-state index in [9.17, 15) is 19.5 Å². The molecule has 0 radical (unpaired) electrons. The number of nitrogens with zero attached hydrogens (tertiary/aromatic N) is 2. The van der Waals surface area contributed by atoms with Gasteiger partial charge in [0.25, 0.3) is 17.4 Å². The third-order valence-electron chi connectivity index (χ3n) is 3.16. The molecular weight excluding hydrogens is 340 g/mol. The van der Waals surface area contributed by atoms with Gasteiger partial charge in [0.05, 0.1) is 5.56 Å². The number of likely N-dealkylation sites (N-methyl/N-ethyl adjacent to an activating group) is 1. The highest BCUT2D eigenvalue weighted by atomic mass is 32.1. The summed E-state index contributed by atoms with van der Waals surface area (Å²) in [5, 5.41) is 12.3. The van der Waals surface area contributed by atoms with Gasteiger partial charge in [-0.3, -0.25) is 34.2 Å². The van der Waals surface area contributed by atoms with Crippen LogP contribution in [0.5, 0.6) is 5.88 Å². The van der Waals surface area contributed by atoms with Crippen molar-refractivity contribution in [2.75, 3.05) is 7.05 Å². The van der Waals surface area contributed by atoms with E-state index in [1.807, 2.05) is 0 Å². The molecule has 0 bridgehead atoms. The molecule has 1 aliphatic rings. The molecule has 0 aliphatic carbocycles. The van der Waals surface area contributed by atoms with Gasteiger partial charge in [-0.05, 0) is 36.6 Å². The Labute approximate surface area is 140 Å². The maximum Gasteiger partial charge on any atom is 0.265 e. The van der Waals surface area contributed by atoms with Crippen LogP contribution in [0.4, 0.5) is 0 Å². The number of rotatable bonds is 2. The topological polar surface area (TPSA) is 107 Å². The minimum atomic E-state index is -0.632. The average molecular weight is 352 g/mol. The monoisotopic (exact) mass is 352 g/mol. The molecule has 0 spiro atoms. The standard InChI is InChI=1S/C13H12N4O4S2/c1-16-10(20)6(8(18)14-12(16)22)4-3-5-7-9(19)15-13(23)17(2)11(7)21/h3-5,20H,1-2H3,(H,14,18,22)(H,15,19,23). The number of aromatic amines is 1. The normalized spacial score (nSPS) is 17.2. The highest BCUT2D eigenvalue weighted by Crippen LogP contribution is 2.14. The van der Waals surface area contributed by atoms with E-state index in [0.717, 1.165) is 4.90 Å². The van der Waals surface area contributed by atoms with Crippen LogP contribution in [0.25, 0.3) is 6.08 Å². The molecule has 0 unspecified atom stereocenters. The lowest BCUT2D eigenvalue weighted by atomic mass is 10.1. The van der Waals surface area contributed by atoms with E-state index in [4.69, 9.17) is 24.4 Å². The third-order valence-corrected chi connectivity index (χ3v) is 3.91. The summed E-state index contributed by atoms with van der Waals surface area (Å²) in [6.07, 6.45) is 3.81. The van der Waals surface area contributed by atoms with E-state index in [1.165, 1.54) is 36.9 Å². The smallest absolute Gasteiger partial charge is 0.265 e. The van der Waals surface area contributed by atoms with Crippen LogP contribution in [0.15, 0.2) is 22.5 Å². The highest BCUT2D eigenvalue weighted by Gasteiger charge is 2.30. The number of H-pyrrole nitrogens is 1. The predicted molar refractivity (Wildman–Crippen MR) is 89.2 cm³/mol. The van der Waals surface area contributed by atoms with Crippen molar-refractivity contribution >= 4 is 47.4 Å². The summed E-state index contributed by atoms with van der Waals surface area (Å²) in [6, 6.07) is 0. The molecule has 1 aliphatic heterocycles. The first kappa shape index (κ1) is 16.8. The fourth-order valence-electron chi connectivity index (χ4n) is 1.78. The Bertz CT molecular complexity index is 894. The first-order valence-electron chi connectivity index (χ1n) is 6.28. The molecule has 3 N–H and O–H groups in total. The van der Waals surface area contributed by atoms with Gasteiger partial charge in [0.2, 0.25) is 5.88 Å². The maximum absolute atomic E-state index is 12.0. The van der Waals surface area contributed by atoms with E-state index in [2.05, 4.69) is 10.3 Å². The van der Waals surface area contributed by atoms with E-state index in [1.54, 1.807) is 0 Å². The Morgan fingerprint density at radius 2 is 1.83 bits per heavy atom. The van der Waals surface area contributed by atoms with Crippen LogP contribution in [0.2, 0.25) is 0 Å². The van der Waals surface area contributed by atoms with Crippen LogP contribution < -0.4 is 10.9 Å². The summed E-state index contributed by atoms with van der Waals surface area (Å²) < 4.78 is 1.29. The second kappa shape index (κ2) is 6.26. The van der Waals surface area contributed by atoms with Crippen LogP contribution >= 0.6 is 24.4 Å². The Balaban J connectivity index is 2.39. The van der Waals surface area contributed by atoms with Gasteiger partial charge < -0.3 is 5.11 Å². The van der Waals surface area contributed by atoms with Crippen LogP contribution in [-0.2, 0) is 16.6 Å². The third kappa shape index (κ3) is 3.12. The lowest BCUT2D eigenvalue weighted by molar-refractivity contribution is -0.128. The minimum Gasteiger partial charge on any atom is -0.494 e. The van der Waals surface area contributed by atoms with Gasteiger partial charge in [0, 0.05) is 14.1 Å². The molecule has 2 rings (SSSR count). The zero-order chi connectivity index (χ0) is 17.3. The number of carbonyl (C=O) groups excluding carboxylic acids is 2. The van der Waals surface area contributed by atoms with Crippen molar-refractivity contribution in [3.63, 3.8) is 0 Å². The molecule has 2 amide bonds. The second-order valence-electron chi connectivity index (χ2n) is 4.62. The molecular formula is C13H12N4O4S2. The molecule has 23 heavy (non-hydrogen) atoms. The summed E-state index contributed by atoms with van der Waals surface area (Å²) in [6.45, 7) is 0. The number of thiocarbonyl (C=S) groups is 1. The van der Waals surface area contributed by atoms with Crippen molar-refractivity contribution < 1.29 is 14.7 Å². The Morgan fingerprint density at radius 3 is 2.48 bits per heavy atom. The van der Waals surface area contributed by atoms with E-state index in [0.29, 0.717) is 0 Å². The fourth-order valence-corrected chi connectivity index (χ4v) is 2.14. The predicted octanol–water partition coefficient (Wildman–Crippen LogP) is -0.0388. The molecule has 0 aromatic carbocycles. The van der Waals surface area contributed by atoms with Crippen molar-refractivity contribution in [3.05, 3.63) is 38.4 Å². The number of aromatic hydroxyl groups is 1. The summed E-state index contributed by atoms with van der Waals surface area (Å²) >= 11 is 9.68. The van der Waals surface area contributed by atoms with Crippen LogP contribution in [0.3, 0.4) is 0 Å². The summed E-state index contributed by atoms with van der Waals surface area (Å²) in [5.74, 6) is -1.52. The SMILES string of the molecule is CN1C(=O)C(=CC=Cc2c(O)n(C)c(=S)[nH]c2=O)C(=O)NC1=S. The summed E-state index contributed by atoms with van der Waals surface area (Å²) in [4.78, 5) is 39.0. The second-order valence-corrected chi connectivity index (χ2v) is 5.39. The van der Waals surface area contributed by atoms with Gasteiger partial charge in [-0.15, -0.1) is 0 Å². The number of hydrogen-bond donors (Lipinski definition) is 3. The zero-order valence-corrected chi connectivity index (χ0v) is 13.7. The molecule has 1 saturated heterocycles. The van der Waals surface area contributed by atoms with Crippen molar-refractivity contribution in [1.29, 1.82) is 0 Å².